The summed E-state index contributed by atoms with van der Waals surface area (Å²) < 4.78 is 22.0. The zero-order valence-corrected chi connectivity index (χ0v) is 24.1. The van der Waals surface area contributed by atoms with E-state index in [9.17, 15) is 9.59 Å². The molecule has 3 aromatic rings. The molecule has 2 aromatic carbocycles. The van der Waals surface area contributed by atoms with Crippen LogP contribution in [0.4, 0.5) is 0 Å². The van der Waals surface area contributed by atoms with E-state index in [1.54, 1.807) is 33.1 Å². The number of thioether (sulfide) groups is 1. The van der Waals surface area contributed by atoms with Crippen LogP contribution in [0.25, 0.3) is 10.9 Å². The lowest BCUT2D eigenvalue weighted by Crippen LogP contribution is -2.47. The Labute approximate surface area is 236 Å². The lowest BCUT2D eigenvalue weighted by Gasteiger charge is -2.38. The molecule has 0 unspecified atom stereocenters. The van der Waals surface area contributed by atoms with Crippen molar-refractivity contribution in [1.82, 2.24) is 14.8 Å². The summed E-state index contributed by atoms with van der Waals surface area (Å²) in [5, 5.41) is 1.35. The molecule has 2 aliphatic rings. The van der Waals surface area contributed by atoms with Gasteiger partial charge in [0.05, 0.1) is 34.5 Å². The van der Waals surface area contributed by atoms with E-state index in [1.807, 2.05) is 41.5 Å². The van der Waals surface area contributed by atoms with Gasteiger partial charge in [-0.1, -0.05) is 18.2 Å². The number of hydrogen-bond donors (Lipinski definition) is 1. The van der Waals surface area contributed by atoms with Gasteiger partial charge in [0.1, 0.15) is 12.1 Å². The summed E-state index contributed by atoms with van der Waals surface area (Å²) in [6, 6.07) is 9.93. The number of carbonyl (C=O) groups is 2. The van der Waals surface area contributed by atoms with Crippen LogP contribution >= 0.6 is 24.0 Å². The Balaban J connectivity index is 1.71. The number of thiocarbonyl (C=S) groups is 1. The molecule has 1 fully saturated rings. The fraction of sp³-hybridized carbons (Fsp3) is 0.393. The van der Waals surface area contributed by atoms with Crippen LogP contribution in [0.3, 0.4) is 0 Å². The topological polar surface area (TPSA) is 93.3 Å². The van der Waals surface area contributed by atoms with Crippen molar-refractivity contribution in [2.75, 3.05) is 40.4 Å². The number of nitrogens with one attached hydrogen (secondary N) is 1. The van der Waals surface area contributed by atoms with Gasteiger partial charge in [-0.3, -0.25) is 9.69 Å². The maximum atomic E-state index is 14.1. The molecular formula is C28H31N3O6S2. The Morgan fingerprint density at radius 2 is 1.82 bits per heavy atom. The minimum absolute atomic E-state index is 0.204. The van der Waals surface area contributed by atoms with Crippen molar-refractivity contribution >= 4 is 51.9 Å². The summed E-state index contributed by atoms with van der Waals surface area (Å²) in [5.74, 6) is 1.45. The highest BCUT2D eigenvalue weighted by molar-refractivity contribution is 7.98. The van der Waals surface area contributed by atoms with E-state index < -0.39 is 24.1 Å². The summed E-state index contributed by atoms with van der Waals surface area (Å²) in [6.45, 7) is 0. The maximum absolute atomic E-state index is 14.1. The van der Waals surface area contributed by atoms with Crippen LogP contribution in [0.2, 0.25) is 0 Å². The third kappa shape index (κ3) is 4.37. The van der Waals surface area contributed by atoms with E-state index >= 15 is 0 Å². The van der Waals surface area contributed by atoms with Gasteiger partial charge in [0.2, 0.25) is 5.75 Å². The van der Waals surface area contributed by atoms with Gasteiger partial charge in [0, 0.05) is 23.0 Å². The minimum Gasteiger partial charge on any atom is -0.493 e. The van der Waals surface area contributed by atoms with Crippen LogP contribution in [0, 0.1) is 0 Å². The van der Waals surface area contributed by atoms with Gasteiger partial charge in [0.25, 0.3) is 5.91 Å². The number of hydrogen-bond acceptors (Lipinski definition) is 8. The van der Waals surface area contributed by atoms with Gasteiger partial charge in [0.15, 0.2) is 16.6 Å². The highest BCUT2D eigenvalue weighted by atomic mass is 32.2. The van der Waals surface area contributed by atoms with Crippen molar-refractivity contribution in [3.8, 4) is 17.2 Å². The predicted octanol–water partition coefficient (Wildman–Crippen LogP) is 3.93. The smallest absolute Gasteiger partial charge is 0.329 e. The van der Waals surface area contributed by atoms with E-state index in [4.69, 9.17) is 31.2 Å². The number of esters is 1. The summed E-state index contributed by atoms with van der Waals surface area (Å²) in [6.07, 6.45) is 2.84. The second-order valence-electron chi connectivity index (χ2n) is 9.36. The molecule has 1 N–H and O–H groups in total. The number of para-hydroxylation sites is 1. The number of amides is 1. The van der Waals surface area contributed by atoms with Crippen LogP contribution in [-0.4, -0.2) is 84.3 Å². The molecule has 1 amide bonds. The van der Waals surface area contributed by atoms with Crippen molar-refractivity contribution in [3.05, 3.63) is 53.2 Å². The Bertz CT molecular complexity index is 1410. The largest absolute Gasteiger partial charge is 0.493 e. The first kappa shape index (κ1) is 27.1. The molecule has 1 aromatic heterocycles. The zero-order chi connectivity index (χ0) is 27.8. The van der Waals surface area contributed by atoms with E-state index in [2.05, 4.69) is 11.1 Å². The molecule has 0 saturated carbocycles. The highest BCUT2D eigenvalue weighted by Gasteiger charge is 2.53. The molecule has 3 heterocycles. The van der Waals surface area contributed by atoms with Gasteiger partial charge in [-0.05, 0) is 60.0 Å². The van der Waals surface area contributed by atoms with Gasteiger partial charge >= 0.3 is 5.97 Å². The third-order valence-corrected chi connectivity index (χ3v) is 8.52. The number of nitrogens with zero attached hydrogens (tertiary/aromatic N) is 2. The number of benzene rings is 2. The van der Waals surface area contributed by atoms with Gasteiger partial charge in [-0.25, -0.2) is 4.79 Å². The van der Waals surface area contributed by atoms with Crippen molar-refractivity contribution in [1.29, 1.82) is 0 Å². The monoisotopic (exact) mass is 569 g/mol. The van der Waals surface area contributed by atoms with Crippen LogP contribution in [0.1, 0.15) is 29.3 Å². The number of carbonyl (C=O) groups excluding carboxylic acids is 2. The molecule has 39 heavy (non-hydrogen) atoms. The van der Waals surface area contributed by atoms with Gasteiger partial charge in [-0.15, -0.1) is 0 Å². The summed E-state index contributed by atoms with van der Waals surface area (Å²) in [5.41, 5.74) is 3.75. The van der Waals surface area contributed by atoms with Crippen molar-refractivity contribution in [3.63, 3.8) is 0 Å². The first-order valence-electron chi connectivity index (χ1n) is 12.5. The summed E-state index contributed by atoms with van der Waals surface area (Å²) in [7, 11) is 6.02. The molecule has 0 aliphatic carbocycles. The summed E-state index contributed by atoms with van der Waals surface area (Å²) in [4.78, 5) is 33.9. The molecule has 11 heteroatoms. The Morgan fingerprint density at radius 1 is 1.13 bits per heavy atom. The quantitative estimate of drug-likeness (QED) is 0.304. The van der Waals surface area contributed by atoms with E-state index in [0.29, 0.717) is 41.0 Å². The fourth-order valence-corrected chi connectivity index (χ4v) is 6.61. The molecule has 5 rings (SSSR count). The molecule has 2 aliphatic heterocycles. The second-order valence-corrected chi connectivity index (χ2v) is 10.7. The molecule has 0 spiro atoms. The van der Waals surface area contributed by atoms with Crippen molar-refractivity contribution < 1.29 is 28.5 Å². The number of aromatic nitrogens is 1. The molecule has 1 saturated heterocycles. The zero-order valence-electron chi connectivity index (χ0n) is 22.5. The van der Waals surface area contributed by atoms with E-state index in [0.717, 1.165) is 27.7 Å². The summed E-state index contributed by atoms with van der Waals surface area (Å²) >= 11 is 7.58. The van der Waals surface area contributed by atoms with Crippen LogP contribution in [0.15, 0.2) is 36.4 Å². The first-order valence-corrected chi connectivity index (χ1v) is 14.3. The van der Waals surface area contributed by atoms with Crippen LogP contribution < -0.4 is 14.2 Å². The van der Waals surface area contributed by atoms with Crippen LogP contribution in [0.5, 0.6) is 17.2 Å². The normalized spacial score (nSPS) is 19.1. The molecule has 9 nitrogen and oxygen atoms in total. The molecular weight excluding hydrogens is 538 g/mol. The molecule has 0 radical (unpaired) electrons. The number of aromatic amines is 1. The maximum Gasteiger partial charge on any atom is 0.329 e. The SMILES string of the molecule is COC(=O)[C@H](CCSC)N1C(=O)[C@@H]2Cc3c([nH]c4ccccc34)[C@@H](c3cc(OC)c(OC)c(OC)c3)N2C1=S. The second kappa shape index (κ2) is 11.0. The van der Waals surface area contributed by atoms with Crippen LogP contribution in [-0.2, 0) is 20.7 Å². The number of rotatable bonds is 9. The number of H-pyrrole nitrogens is 1. The average molecular weight is 570 g/mol. The molecule has 206 valence electrons. The minimum atomic E-state index is -0.802. The Hall–Kier alpha value is -3.44. The van der Waals surface area contributed by atoms with Gasteiger partial charge in [-0.2, -0.15) is 11.8 Å². The first-order chi connectivity index (χ1) is 18.9. The van der Waals surface area contributed by atoms with E-state index in [1.165, 1.54) is 12.0 Å². The molecule has 0 bridgehead atoms. The van der Waals surface area contributed by atoms with Crippen molar-refractivity contribution in [2.24, 2.45) is 0 Å². The fourth-order valence-electron chi connectivity index (χ4n) is 5.71. The lowest BCUT2D eigenvalue weighted by atomic mass is 9.88. The molecule has 3 atom stereocenters. The Kier molecular flexibility index (Phi) is 7.64. The average Bonchev–Trinajstić information content (AvgIpc) is 3.45. The predicted molar refractivity (Wildman–Crippen MR) is 154 cm³/mol. The number of fused-ring (bicyclic) bond motifs is 4. The van der Waals surface area contributed by atoms with Gasteiger partial charge < -0.3 is 28.8 Å². The Morgan fingerprint density at radius 3 is 2.44 bits per heavy atom. The number of ether oxygens (including phenoxy) is 4. The number of methoxy groups -OCH3 is 4. The lowest BCUT2D eigenvalue weighted by molar-refractivity contribution is -0.149. The van der Waals surface area contributed by atoms with Crippen molar-refractivity contribution in [2.45, 2.75) is 31.0 Å². The third-order valence-electron chi connectivity index (χ3n) is 7.46. The highest BCUT2D eigenvalue weighted by Crippen LogP contribution is 2.48. The van der Waals surface area contributed by atoms with E-state index in [-0.39, 0.29) is 5.91 Å². The standard InChI is InChI=1S/C28H31N3O6S2/c1-34-21-12-15(13-22(35-2)25(21)36-3)24-23-17(16-8-6-7-9-18(16)29-23)14-20-26(32)31(28(38)30(20)24)19(10-11-39-5)27(33)37-4/h6-9,12-13,19-20,24,29H,10-11,14H2,1-5H3/t19-,20-,24+/m0/s1.